The molecular weight excluding hydrogens is 340 g/mol. The largest absolute Gasteiger partial charge is 0.508 e. The van der Waals surface area contributed by atoms with Gasteiger partial charge in [-0.2, -0.15) is 0 Å². The number of ether oxygens (including phenoxy) is 1. The molecule has 2 aromatic rings. The number of aromatic hydroxyl groups is 1. The molecule has 1 aromatic carbocycles. The molecule has 2 amide bonds. The Morgan fingerprint density at radius 3 is 2.52 bits per heavy atom. The summed E-state index contributed by atoms with van der Waals surface area (Å²) in [6, 6.07) is 5.71. The van der Waals surface area contributed by atoms with Crippen LogP contribution in [0.25, 0.3) is 0 Å². The predicted octanol–water partition coefficient (Wildman–Crippen LogP) is 2.49. The number of hydrogen-bond acceptors (Lipinski definition) is 5. The third-order valence-corrected chi connectivity index (χ3v) is 2.74. The molecule has 0 aliphatic rings. The van der Waals surface area contributed by atoms with E-state index in [4.69, 9.17) is 9.84 Å². The van der Waals surface area contributed by atoms with Gasteiger partial charge >= 0.3 is 6.03 Å². The number of halogens is 1. The van der Waals surface area contributed by atoms with Crippen molar-refractivity contribution >= 4 is 27.9 Å². The summed E-state index contributed by atoms with van der Waals surface area (Å²) < 4.78 is 6.19. The van der Waals surface area contributed by atoms with Gasteiger partial charge in [0, 0.05) is 12.4 Å². The van der Waals surface area contributed by atoms with Gasteiger partial charge in [-0.05, 0) is 47.1 Å². The summed E-state index contributed by atoms with van der Waals surface area (Å²) in [5.74, 6) is 0.862. The Bertz CT molecular complexity index is 604. The predicted molar refractivity (Wildman–Crippen MR) is 80.1 cm³/mol. The smallest absolute Gasteiger partial charge is 0.324 e. The van der Waals surface area contributed by atoms with Crippen molar-refractivity contribution in [1.29, 1.82) is 0 Å². The molecule has 0 spiro atoms. The fraction of sp³-hybridized carbons (Fsp3) is 0.154. The number of rotatable bonds is 4. The molecule has 0 saturated carbocycles. The molecule has 3 N–H and O–H groups in total. The lowest BCUT2D eigenvalue weighted by molar-refractivity contribution is 0.183. The zero-order valence-electron chi connectivity index (χ0n) is 11.1. The minimum absolute atomic E-state index is 0.146. The summed E-state index contributed by atoms with van der Waals surface area (Å²) in [4.78, 5) is 19.6. The molecule has 0 aliphatic carbocycles. The van der Waals surface area contributed by atoms with E-state index in [1.54, 1.807) is 19.1 Å². The van der Waals surface area contributed by atoms with Crippen LogP contribution >= 0.6 is 15.9 Å². The number of aromatic nitrogens is 2. The highest BCUT2D eigenvalue weighted by Crippen LogP contribution is 2.16. The van der Waals surface area contributed by atoms with Gasteiger partial charge in [0.25, 0.3) is 0 Å². The lowest BCUT2D eigenvalue weighted by atomic mass is 10.3. The number of carbonyl (C=O) groups is 1. The average molecular weight is 353 g/mol. The summed E-state index contributed by atoms with van der Waals surface area (Å²) in [5.41, 5.74) is 0. The SMILES string of the molecule is CC(NC(=O)Nc1ncc(Br)cn1)Oc1ccc(O)cc1. The van der Waals surface area contributed by atoms with E-state index >= 15 is 0 Å². The number of urea groups is 1. The molecule has 110 valence electrons. The topological polar surface area (TPSA) is 96.4 Å². The van der Waals surface area contributed by atoms with E-state index in [0.717, 1.165) is 4.47 Å². The fourth-order valence-electron chi connectivity index (χ4n) is 1.46. The highest BCUT2D eigenvalue weighted by atomic mass is 79.9. The van der Waals surface area contributed by atoms with E-state index in [9.17, 15) is 4.79 Å². The Morgan fingerprint density at radius 1 is 1.29 bits per heavy atom. The molecule has 7 nitrogen and oxygen atoms in total. The van der Waals surface area contributed by atoms with Crippen LogP contribution in [0.4, 0.5) is 10.7 Å². The van der Waals surface area contributed by atoms with Crippen molar-refractivity contribution in [2.75, 3.05) is 5.32 Å². The Morgan fingerprint density at radius 2 is 1.90 bits per heavy atom. The maximum Gasteiger partial charge on any atom is 0.324 e. The van der Waals surface area contributed by atoms with E-state index in [0.29, 0.717) is 5.75 Å². The van der Waals surface area contributed by atoms with Gasteiger partial charge in [-0.15, -0.1) is 0 Å². The van der Waals surface area contributed by atoms with Gasteiger partial charge in [-0.25, -0.2) is 14.8 Å². The molecule has 0 saturated heterocycles. The number of phenols is 1. The van der Waals surface area contributed by atoms with Crippen molar-refractivity contribution in [3.8, 4) is 11.5 Å². The number of amides is 2. The zero-order valence-corrected chi connectivity index (χ0v) is 12.7. The van der Waals surface area contributed by atoms with E-state index in [2.05, 4.69) is 36.5 Å². The van der Waals surface area contributed by atoms with Crippen LogP contribution in [0.2, 0.25) is 0 Å². The Kier molecular flexibility index (Phi) is 4.94. The van der Waals surface area contributed by atoms with E-state index in [1.807, 2.05) is 0 Å². The molecule has 0 fully saturated rings. The maximum absolute atomic E-state index is 11.7. The first-order valence-corrected chi connectivity index (χ1v) is 6.83. The first kappa shape index (κ1) is 15.0. The Labute approximate surface area is 129 Å². The van der Waals surface area contributed by atoms with E-state index in [1.165, 1.54) is 24.5 Å². The minimum Gasteiger partial charge on any atom is -0.508 e. The van der Waals surface area contributed by atoms with Gasteiger partial charge in [0.1, 0.15) is 11.5 Å². The summed E-state index contributed by atoms with van der Waals surface area (Å²) in [7, 11) is 0. The number of hydrogen-bond donors (Lipinski definition) is 3. The van der Waals surface area contributed by atoms with Gasteiger partial charge in [-0.3, -0.25) is 5.32 Å². The van der Waals surface area contributed by atoms with Gasteiger partial charge in [0.2, 0.25) is 5.95 Å². The van der Waals surface area contributed by atoms with Gasteiger partial charge in [0.05, 0.1) is 4.47 Å². The third kappa shape index (κ3) is 4.92. The lowest BCUT2D eigenvalue weighted by Gasteiger charge is -2.16. The zero-order chi connectivity index (χ0) is 15.2. The van der Waals surface area contributed by atoms with Crippen LogP contribution in [-0.2, 0) is 0 Å². The monoisotopic (exact) mass is 352 g/mol. The third-order valence-electron chi connectivity index (χ3n) is 2.33. The molecule has 1 unspecified atom stereocenters. The summed E-state index contributed by atoms with van der Waals surface area (Å²) in [6.07, 6.45) is 2.49. The molecule has 1 heterocycles. The molecule has 8 heteroatoms. The van der Waals surface area contributed by atoms with Crippen molar-refractivity contribution in [3.63, 3.8) is 0 Å². The number of carbonyl (C=O) groups excluding carboxylic acids is 1. The quantitative estimate of drug-likeness (QED) is 0.734. The van der Waals surface area contributed by atoms with Crippen molar-refractivity contribution in [2.24, 2.45) is 0 Å². The number of benzene rings is 1. The minimum atomic E-state index is -0.565. The normalized spacial score (nSPS) is 11.5. The molecule has 21 heavy (non-hydrogen) atoms. The van der Waals surface area contributed by atoms with Crippen LogP contribution in [-0.4, -0.2) is 27.3 Å². The number of anilines is 1. The van der Waals surface area contributed by atoms with Crippen molar-refractivity contribution in [1.82, 2.24) is 15.3 Å². The van der Waals surface area contributed by atoms with Crippen LogP contribution < -0.4 is 15.4 Å². The lowest BCUT2D eigenvalue weighted by Crippen LogP contribution is -2.39. The van der Waals surface area contributed by atoms with Crippen molar-refractivity contribution < 1.29 is 14.6 Å². The van der Waals surface area contributed by atoms with Crippen LogP contribution in [0.3, 0.4) is 0 Å². The average Bonchev–Trinajstić information content (AvgIpc) is 2.44. The van der Waals surface area contributed by atoms with Crippen LogP contribution in [0.1, 0.15) is 6.92 Å². The molecule has 0 bridgehead atoms. The van der Waals surface area contributed by atoms with Crippen LogP contribution in [0.15, 0.2) is 41.1 Å². The van der Waals surface area contributed by atoms with Crippen molar-refractivity contribution in [2.45, 2.75) is 13.2 Å². The van der Waals surface area contributed by atoms with Gasteiger partial charge in [0.15, 0.2) is 6.23 Å². The van der Waals surface area contributed by atoms with E-state index in [-0.39, 0.29) is 11.7 Å². The second kappa shape index (κ2) is 6.89. The summed E-state index contributed by atoms with van der Waals surface area (Å²) in [5, 5.41) is 14.2. The molecule has 1 atom stereocenters. The molecule has 0 radical (unpaired) electrons. The van der Waals surface area contributed by atoms with Crippen LogP contribution in [0, 0.1) is 0 Å². The number of nitrogens with zero attached hydrogens (tertiary/aromatic N) is 2. The van der Waals surface area contributed by atoms with Gasteiger partial charge in [-0.1, -0.05) is 0 Å². The molecular formula is C13H13BrN4O3. The second-order valence-electron chi connectivity index (χ2n) is 4.08. The molecule has 1 aromatic heterocycles. The first-order valence-electron chi connectivity index (χ1n) is 6.03. The highest BCUT2D eigenvalue weighted by molar-refractivity contribution is 9.10. The Balaban J connectivity index is 1.84. The second-order valence-corrected chi connectivity index (χ2v) is 4.99. The van der Waals surface area contributed by atoms with Crippen LogP contribution in [0.5, 0.6) is 11.5 Å². The first-order chi connectivity index (χ1) is 10.0. The van der Waals surface area contributed by atoms with Crippen molar-refractivity contribution in [3.05, 3.63) is 41.1 Å². The number of phenolic OH excluding ortho intramolecular Hbond substituents is 1. The summed E-state index contributed by atoms with van der Waals surface area (Å²) in [6.45, 7) is 1.68. The Hall–Kier alpha value is -2.35. The maximum atomic E-state index is 11.7. The standard InChI is InChI=1S/C13H13BrN4O3/c1-8(21-11-4-2-10(19)3-5-11)17-13(20)18-12-15-6-9(14)7-16-12/h2-8,19H,1H3,(H2,15,16,17,18,20). The van der Waals surface area contributed by atoms with Gasteiger partial charge < -0.3 is 15.2 Å². The summed E-state index contributed by atoms with van der Waals surface area (Å²) >= 11 is 3.20. The molecule has 2 rings (SSSR count). The fourth-order valence-corrected chi connectivity index (χ4v) is 1.66. The number of nitrogens with one attached hydrogen (secondary N) is 2. The van der Waals surface area contributed by atoms with E-state index < -0.39 is 12.3 Å². The molecule has 0 aliphatic heterocycles. The highest BCUT2D eigenvalue weighted by Gasteiger charge is 2.09.